The van der Waals surface area contributed by atoms with E-state index in [9.17, 15) is 4.79 Å². The lowest BCUT2D eigenvalue weighted by molar-refractivity contribution is 0.0951. The molecule has 4 rings (SSSR count). The highest BCUT2D eigenvalue weighted by Gasteiger charge is 2.24. The summed E-state index contributed by atoms with van der Waals surface area (Å²) in [6.45, 7) is 2.73. The summed E-state index contributed by atoms with van der Waals surface area (Å²) in [5, 5.41) is 3.07. The van der Waals surface area contributed by atoms with Gasteiger partial charge in [-0.05, 0) is 69.2 Å². The first-order valence-corrected chi connectivity index (χ1v) is 9.46. The molecule has 0 spiro atoms. The van der Waals surface area contributed by atoms with E-state index in [0.717, 1.165) is 30.1 Å². The number of nitrogens with zero attached hydrogens (tertiary/aromatic N) is 2. The van der Waals surface area contributed by atoms with Crippen LogP contribution in [0.25, 0.3) is 5.65 Å². The van der Waals surface area contributed by atoms with Crippen molar-refractivity contribution in [3.05, 3.63) is 59.9 Å². The predicted octanol–water partition coefficient (Wildman–Crippen LogP) is 4.33. The maximum Gasteiger partial charge on any atom is 0.255 e. The van der Waals surface area contributed by atoms with Crippen LogP contribution in [0.1, 0.15) is 59.8 Å². The number of amides is 1. The Balaban J connectivity index is 1.27. The number of carbonyl (C=O) groups is 1. The Morgan fingerprint density at radius 2 is 2.12 bits per heavy atom. The summed E-state index contributed by atoms with van der Waals surface area (Å²) in [7, 11) is 0. The summed E-state index contributed by atoms with van der Waals surface area (Å²) in [6.07, 6.45) is 11.2. The normalized spacial score (nSPS) is 20.3. The third-order valence-corrected chi connectivity index (χ3v) is 5.63. The summed E-state index contributed by atoms with van der Waals surface area (Å²) in [6, 6.07) is 7.84. The van der Waals surface area contributed by atoms with Crippen LogP contribution in [0, 0.1) is 12.8 Å². The van der Waals surface area contributed by atoms with Crippen molar-refractivity contribution in [3.63, 3.8) is 0 Å². The van der Waals surface area contributed by atoms with E-state index >= 15 is 0 Å². The van der Waals surface area contributed by atoms with Gasteiger partial charge in [-0.2, -0.15) is 0 Å². The molecule has 0 radical (unpaired) electrons. The molecule has 1 aliphatic carbocycles. The van der Waals surface area contributed by atoms with Crippen LogP contribution in [0.15, 0.2) is 47.3 Å². The average molecular weight is 351 g/mol. The molecule has 26 heavy (non-hydrogen) atoms. The topological polar surface area (TPSA) is 59.5 Å². The number of furan rings is 1. The molecular weight excluding hydrogens is 326 g/mol. The highest BCUT2D eigenvalue weighted by Crippen LogP contribution is 2.36. The molecule has 0 unspecified atom stereocenters. The quantitative estimate of drug-likeness (QED) is 0.744. The molecule has 1 fully saturated rings. The van der Waals surface area contributed by atoms with Crippen LogP contribution in [0.3, 0.4) is 0 Å². The van der Waals surface area contributed by atoms with Gasteiger partial charge in [0.05, 0.1) is 11.8 Å². The van der Waals surface area contributed by atoms with E-state index in [1.807, 2.05) is 35.7 Å². The molecule has 0 atom stereocenters. The van der Waals surface area contributed by atoms with Gasteiger partial charge >= 0.3 is 0 Å². The Morgan fingerprint density at radius 3 is 2.88 bits per heavy atom. The summed E-state index contributed by atoms with van der Waals surface area (Å²) in [5.41, 5.74) is 2.44. The third-order valence-electron chi connectivity index (χ3n) is 5.63. The van der Waals surface area contributed by atoms with Gasteiger partial charge in [-0.1, -0.05) is 0 Å². The molecule has 136 valence electrons. The molecule has 3 aromatic heterocycles. The van der Waals surface area contributed by atoms with E-state index in [-0.39, 0.29) is 5.91 Å². The molecular formula is C21H25N3O2. The molecule has 0 saturated heterocycles. The van der Waals surface area contributed by atoms with E-state index in [1.54, 1.807) is 12.5 Å². The minimum atomic E-state index is -0.0325. The van der Waals surface area contributed by atoms with Crippen molar-refractivity contribution < 1.29 is 9.21 Å². The lowest BCUT2D eigenvalue weighted by Gasteiger charge is -2.27. The fourth-order valence-corrected chi connectivity index (χ4v) is 4.06. The summed E-state index contributed by atoms with van der Waals surface area (Å²) < 4.78 is 7.49. The van der Waals surface area contributed by atoms with E-state index < -0.39 is 0 Å². The van der Waals surface area contributed by atoms with Crippen molar-refractivity contribution in [1.82, 2.24) is 14.7 Å². The lowest BCUT2D eigenvalue weighted by Crippen LogP contribution is -2.27. The summed E-state index contributed by atoms with van der Waals surface area (Å²) >= 11 is 0. The first-order valence-electron chi connectivity index (χ1n) is 9.46. The number of hydrogen-bond donors (Lipinski definition) is 1. The summed E-state index contributed by atoms with van der Waals surface area (Å²) in [4.78, 5) is 16.9. The van der Waals surface area contributed by atoms with Gasteiger partial charge in [0.25, 0.3) is 5.91 Å². The maximum absolute atomic E-state index is 12.5. The maximum atomic E-state index is 12.5. The standard InChI is InChI=1S/C21H25N3O2/c1-15-8-11-22-20-18(10-13-24(15)20)21(25)23-12-9-16-4-6-17(7-5-16)19-3-2-14-26-19/h2-3,8,10-11,13-14,16-17H,4-7,9,12H2,1H3,(H,23,25). The average Bonchev–Trinajstić information content (AvgIpc) is 3.33. The SMILES string of the molecule is Cc1ccnc2c(C(=O)NCCC3CCC(c4ccco4)CC3)ccn12. The van der Waals surface area contributed by atoms with Crippen LogP contribution in [0.5, 0.6) is 0 Å². The smallest absolute Gasteiger partial charge is 0.255 e. The molecule has 5 heteroatoms. The first-order chi connectivity index (χ1) is 12.7. The van der Waals surface area contributed by atoms with Gasteiger partial charge in [0.15, 0.2) is 0 Å². The number of hydrogen-bond acceptors (Lipinski definition) is 3. The Morgan fingerprint density at radius 1 is 1.27 bits per heavy atom. The number of aryl methyl sites for hydroxylation is 1. The molecule has 1 saturated carbocycles. The fourth-order valence-electron chi connectivity index (χ4n) is 4.06. The lowest BCUT2D eigenvalue weighted by atomic mass is 9.79. The van der Waals surface area contributed by atoms with Crippen molar-refractivity contribution >= 4 is 11.6 Å². The number of aromatic nitrogens is 2. The van der Waals surface area contributed by atoms with Gasteiger partial charge in [0.2, 0.25) is 0 Å². The van der Waals surface area contributed by atoms with Crippen LogP contribution >= 0.6 is 0 Å². The van der Waals surface area contributed by atoms with Crippen LogP contribution in [0.2, 0.25) is 0 Å². The van der Waals surface area contributed by atoms with Crippen molar-refractivity contribution in [2.75, 3.05) is 6.54 Å². The summed E-state index contributed by atoms with van der Waals surface area (Å²) in [5.74, 6) is 2.35. The van der Waals surface area contributed by atoms with Crippen LogP contribution in [-0.4, -0.2) is 21.8 Å². The molecule has 1 amide bonds. The molecule has 3 aromatic rings. The zero-order valence-corrected chi connectivity index (χ0v) is 15.1. The molecule has 5 nitrogen and oxygen atoms in total. The van der Waals surface area contributed by atoms with Crippen LogP contribution in [-0.2, 0) is 0 Å². The number of carbonyl (C=O) groups excluding carboxylic acids is 1. The molecule has 3 heterocycles. The van der Waals surface area contributed by atoms with Gasteiger partial charge in [-0.3, -0.25) is 4.79 Å². The number of rotatable bonds is 5. The van der Waals surface area contributed by atoms with Gasteiger partial charge in [0, 0.05) is 30.6 Å². The van der Waals surface area contributed by atoms with Crippen molar-refractivity contribution in [1.29, 1.82) is 0 Å². The van der Waals surface area contributed by atoms with Crippen molar-refractivity contribution in [2.24, 2.45) is 5.92 Å². The fraction of sp³-hybridized carbons (Fsp3) is 0.429. The predicted molar refractivity (Wildman–Crippen MR) is 100 cm³/mol. The van der Waals surface area contributed by atoms with E-state index in [0.29, 0.717) is 17.4 Å². The Bertz CT molecular complexity index is 874. The van der Waals surface area contributed by atoms with E-state index in [4.69, 9.17) is 4.42 Å². The zero-order valence-electron chi connectivity index (χ0n) is 15.1. The Hall–Kier alpha value is -2.56. The van der Waals surface area contributed by atoms with Gasteiger partial charge < -0.3 is 14.1 Å². The highest BCUT2D eigenvalue weighted by molar-refractivity contribution is 6.00. The minimum Gasteiger partial charge on any atom is -0.469 e. The third kappa shape index (κ3) is 3.39. The molecule has 1 aliphatic rings. The first kappa shape index (κ1) is 16.9. The second-order valence-corrected chi connectivity index (χ2v) is 7.29. The Kier molecular flexibility index (Phi) is 4.78. The molecule has 0 aromatic carbocycles. The second-order valence-electron chi connectivity index (χ2n) is 7.29. The van der Waals surface area contributed by atoms with Gasteiger partial charge in [0.1, 0.15) is 11.4 Å². The van der Waals surface area contributed by atoms with E-state index in [1.165, 1.54) is 25.7 Å². The second kappa shape index (κ2) is 7.36. The molecule has 0 bridgehead atoms. The highest BCUT2D eigenvalue weighted by atomic mass is 16.3. The molecule has 0 aliphatic heterocycles. The van der Waals surface area contributed by atoms with Crippen molar-refractivity contribution in [2.45, 2.75) is 44.9 Å². The van der Waals surface area contributed by atoms with Crippen LogP contribution in [0.4, 0.5) is 0 Å². The van der Waals surface area contributed by atoms with Crippen molar-refractivity contribution in [3.8, 4) is 0 Å². The Labute approximate surface area is 153 Å². The zero-order chi connectivity index (χ0) is 17.9. The number of fused-ring (bicyclic) bond motifs is 1. The largest absolute Gasteiger partial charge is 0.469 e. The monoisotopic (exact) mass is 351 g/mol. The van der Waals surface area contributed by atoms with E-state index in [2.05, 4.69) is 16.4 Å². The minimum absolute atomic E-state index is 0.0325. The van der Waals surface area contributed by atoms with Crippen LogP contribution < -0.4 is 5.32 Å². The van der Waals surface area contributed by atoms with Gasteiger partial charge in [-0.25, -0.2) is 4.98 Å². The van der Waals surface area contributed by atoms with Gasteiger partial charge in [-0.15, -0.1) is 0 Å². The number of nitrogens with one attached hydrogen (secondary N) is 1. The molecule has 1 N–H and O–H groups in total.